The average Bonchev–Trinajstić information content (AvgIpc) is 2.29. The maximum atomic E-state index is 10.5. The molecule has 0 amide bonds. The fourth-order valence-corrected chi connectivity index (χ4v) is 0.969. The van der Waals surface area contributed by atoms with Gasteiger partial charge in [-0.2, -0.15) is 5.10 Å². The van der Waals surface area contributed by atoms with Crippen molar-refractivity contribution in [2.24, 2.45) is 0 Å². The van der Waals surface area contributed by atoms with Crippen LogP contribution < -0.4 is 0 Å². The summed E-state index contributed by atoms with van der Waals surface area (Å²) < 4.78 is 1.27. The Morgan fingerprint density at radius 2 is 2.08 bits per heavy atom. The largest absolute Gasteiger partial charge is 0.493 e. The monoisotopic (exact) mass is 184 g/mol. The molecule has 0 fully saturated rings. The maximum absolute atomic E-state index is 10.5. The number of nitrogens with zero attached hydrogens (tertiary/aromatic N) is 2. The van der Waals surface area contributed by atoms with Gasteiger partial charge in [0.2, 0.25) is 5.88 Å². The number of carbonyl (C=O) groups is 1. The fourth-order valence-electron chi connectivity index (χ4n) is 0.969. The van der Waals surface area contributed by atoms with Crippen LogP contribution in [-0.2, 0) is 5.54 Å². The van der Waals surface area contributed by atoms with E-state index in [-0.39, 0.29) is 11.6 Å². The number of hydrogen-bond acceptors (Lipinski definition) is 3. The molecule has 1 rings (SSSR count). The number of aromatic carboxylic acids is 1. The zero-order valence-corrected chi connectivity index (χ0v) is 7.77. The zero-order chi connectivity index (χ0) is 10.2. The lowest BCUT2D eigenvalue weighted by atomic mass is 10.1. The molecule has 0 radical (unpaired) electrons. The predicted octanol–water partition coefficient (Wildman–Crippen LogP) is 1.04. The molecule has 13 heavy (non-hydrogen) atoms. The van der Waals surface area contributed by atoms with Crippen molar-refractivity contribution in [2.75, 3.05) is 0 Å². The highest BCUT2D eigenvalue weighted by Gasteiger charge is 2.21. The smallest absolute Gasteiger partial charge is 0.356 e. The van der Waals surface area contributed by atoms with Crippen LogP contribution in [0, 0.1) is 0 Å². The quantitative estimate of drug-likeness (QED) is 0.683. The van der Waals surface area contributed by atoms with Gasteiger partial charge in [0, 0.05) is 6.07 Å². The number of aromatic nitrogens is 2. The van der Waals surface area contributed by atoms with Crippen LogP contribution in [0.3, 0.4) is 0 Å². The van der Waals surface area contributed by atoms with E-state index in [2.05, 4.69) is 5.10 Å². The van der Waals surface area contributed by atoms with Crippen LogP contribution in [0.15, 0.2) is 6.07 Å². The van der Waals surface area contributed by atoms with Gasteiger partial charge in [-0.1, -0.05) is 0 Å². The molecule has 5 nitrogen and oxygen atoms in total. The third-order valence-electron chi connectivity index (χ3n) is 1.55. The molecule has 1 aromatic heterocycles. The van der Waals surface area contributed by atoms with Crippen LogP contribution in [0.25, 0.3) is 0 Å². The van der Waals surface area contributed by atoms with Crippen LogP contribution in [0.5, 0.6) is 5.88 Å². The summed E-state index contributed by atoms with van der Waals surface area (Å²) in [4.78, 5) is 10.5. The molecule has 0 aliphatic heterocycles. The second kappa shape index (κ2) is 2.76. The van der Waals surface area contributed by atoms with Gasteiger partial charge in [0.25, 0.3) is 0 Å². The van der Waals surface area contributed by atoms with E-state index in [0.717, 1.165) is 6.07 Å². The average molecular weight is 184 g/mol. The minimum atomic E-state index is -1.14. The van der Waals surface area contributed by atoms with Crippen molar-refractivity contribution in [1.29, 1.82) is 0 Å². The lowest BCUT2D eigenvalue weighted by Crippen LogP contribution is -2.23. The lowest BCUT2D eigenvalue weighted by molar-refractivity contribution is 0.0688. The molecule has 0 aromatic carbocycles. The molecule has 0 saturated carbocycles. The van der Waals surface area contributed by atoms with E-state index < -0.39 is 11.5 Å². The molecule has 1 aromatic rings. The van der Waals surface area contributed by atoms with Crippen molar-refractivity contribution in [3.63, 3.8) is 0 Å². The molecule has 0 bridgehead atoms. The third-order valence-corrected chi connectivity index (χ3v) is 1.55. The second-order valence-corrected chi connectivity index (χ2v) is 3.78. The van der Waals surface area contributed by atoms with Crippen molar-refractivity contribution in [3.8, 4) is 5.88 Å². The molecule has 0 atom stereocenters. The number of aromatic hydroxyl groups is 1. The molecule has 0 saturated heterocycles. The molecule has 0 aliphatic carbocycles. The number of hydrogen-bond donors (Lipinski definition) is 2. The summed E-state index contributed by atoms with van der Waals surface area (Å²) in [6.45, 7) is 5.47. The highest BCUT2D eigenvalue weighted by atomic mass is 16.4. The maximum Gasteiger partial charge on any atom is 0.356 e. The summed E-state index contributed by atoms with van der Waals surface area (Å²) in [6.07, 6.45) is 0. The van der Waals surface area contributed by atoms with Gasteiger partial charge >= 0.3 is 5.97 Å². The standard InChI is InChI=1S/C8H12N2O3/c1-8(2,3)10-6(11)4-5(9-10)7(12)13/h4,11H,1-3H3,(H,12,13). The highest BCUT2D eigenvalue weighted by molar-refractivity contribution is 5.85. The van der Waals surface area contributed by atoms with Gasteiger partial charge in [-0.25, -0.2) is 9.48 Å². The van der Waals surface area contributed by atoms with Crippen molar-refractivity contribution >= 4 is 5.97 Å². The number of carboxylic acid groups (broad SMARTS) is 1. The first kappa shape index (κ1) is 9.57. The summed E-state index contributed by atoms with van der Waals surface area (Å²) in [5.41, 5.74) is -0.565. The molecular weight excluding hydrogens is 172 g/mol. The normalized spacial score (nSPS) is 11.6. The van der Waals surface area contributed by atoms with Crippen LogP contribution in [-0.4, -0.2) is 26.0 Å². The van der Waals surface area contributed by atoms with Gasteiger partial charge in [-0.15, -0.1) is 0 Å². The van der Waals surface area contributed by atoms with Gasteiger partial charge in [-0.05, 0) is 20.8 Å². The van der Waals surface area contributed by atoms with Crippen molar-refractivity contribution in [3.05, 3.63) is 11.8 Å². The Morgan fingerprint density at radius 3 is 2.31 bits per heavy atom. The molecule has 0 aliphatic rings. The second-order valence-electron chi connectivity index (χ2n) is 3.78. The Labute approximate surface area is 75.6 Å². The minimum Gasteiger partial charge on any atom is -0.493 e. The predicted molar refractivity (Wildman–Crippen MR) is 45.8 cm³/mol. The number of rotatable bonds is 1. The Hall–Kier alpha value is -1.52. The van der Waals surface area contributed by atoms with Crippen molar-refractivity contribution < 1.29 is 15.0 Å². The van der Waals surface area contributed by atoms with E-state index in [1.165, 1.54) is 4.68 Å². The Morgan fingerprint density at radius 1 is 1.54 bits per heavy atom. The van der Waals surface area contributed by atoms with E-state index in [0.29, 0.717) is 0 Å². The molecule has 0 spiro atoms. The van der Waals surface area contributed by atoms with Gasteiger partial charge in [0.15, 0.2) is 5.69 Å². The van der Waals surface area contributed by atoms with Crippen LogP contribution in [0.2, 0.25) is 0 Å². The Balaban J connectivity index is 3.18. The molecule has 1 heterocycles. The van der Waals surface area contributed by atoms with E-state index in [1.807, 2.05) is 20.8 Å². The first-order valence-corrected chi connectivity index (χ1v) is 3.85. The molecule has 72 valence electrons. The summed E-state index contributed by atoms with van der Waals surface area (Å²) >= 11 is 0. The molecular formula is C8H12N2O3. The fraction of sp³-hybridized carbons (Fsp3) is 0.500. The van der Waals surface area contributed by atoms with Gasteiger partial charge in [0.1, 0.15) is 0 Å². The summed E-state index contributed by atoms with van der Waals surface area (Å²) in [6, 6.07) is 1.13. The molecule has 5 heteroatoms. The first-order valence-electron chi connectivity index (χ1n) is 3.85. The summed E-state index contributed by atoms with van der Waals surface area (Å²) in [5.74, 6) is -1.27. The highest BCUT2D eigenvalue weighted by Crippen LogP contribution is 2.21. The van der Waals surface area contributed by atoms with Crippen LogP contribution in [0.1, 0.15) is 31.3 Å². The van der Waals surface area contributed by atoms with E-state index in [4.69, 9.17) is 5.11 Å². The Bertz CT molecular complexity index is 336. The summed E-state index contributed by atoms with van der Waals surface area (Å²) in [5, 5.41) is 21.7. The third kappa shape index (κ3) is 1.80. The summed E-state index contributed by atoms with van der Waals surface area (Å²) in [7, 11) is 0. The Kier molecular flexibility index (Phi) is 2.03. The first-order chi connectivity index (χ1) is 5.82. The van der Waals surface area contributed by atoms with Crippen LogP contribution in [0.4, 0.5) is 0 Å². The van der Waals surface area contributed by atoms with E-state index in [9.17, 15) is 9.90 Å². The zero-order valence-electron chi connectivity index (χ0n) is 7.77. The number of carboxylic acids is 1. The topological polar surface area (TPSA) is 75.4 Å². The molecule has 0 unspecified atom stereocenters. The SMILES string of the molecule is CC(C)(C)n1nc(C(=O)O)cc1O. The van der Waals surface area contributed by atoms with E-state index in [1.54, 1.807) is 0 Å². The van der Waals surface area contributed by atoms with Crippen molar-refractivity contribution in [1.82, 2.24) is 9.78 Å². The molecule has 2 N–H and O–H groups in total. The van der Waals surface area contributed by atoms with Gasteiger partial charge in [0.05, 0.1) is 5.54 Å². The lowest BCUT2D eigenvalue weighted by Gasteiger charge is -2.19. The van der Waals surface area contributed by atoms with Gasteiger partial charge in [-0.3, -0.25) is 0 Å². The minimum absolute atomic E-state index is 0.134. The van der Waals surface area contributed by atoms with Gasteiger partial charge < -0.3 is 10.2 Å². The van der Waals surface area contributed by atoms with Crippen LogP contribution >= 0.6 is 0 Å². The van der Waals surface area contributed by atoms with Crippen molar-refractivity contribution in [2.45, 2.75) is 26.3 Å². The van der Waals surface area contributed by atoms with E-state index >= 15 is 0 Å².